The Morgan fingerprint density at radius 3 is 2.67 bits per heavy atom. The minimum Gasteiger partial charge on any atom is -0.382 e. The van der Waals surface area contributed by atoms with Crippen molar-refractivity contribution in [3.8, 4) is 0 Å². The second-order valence-corrected chi connectivity index (χ2v) is 6.11. The number of hydrogen-bond acceptors (Lipinski definition) is 3. The maximum atomic E-state index is 10.7. The van der Waals surface area contributed by atoms with Crippen molar-refractivity contribution in [3.05, 3.63) is 34.4 Å². The van der Waals surface area contributed by atoms with Gasteiger partial charge in [-0.25, -0.2) is 0 Å². The molecule has 1 N–H and O–H groups in total. The second-order valence-electron chi connectivity index (χ2n) is 6.11. The quantitative estimate of drug-likeness (QED) is 0.653. The average molecular weight is 248 g/mol. The molecule has 2 atom stereocenters. The Morgan fingerprint density at radius 2 is 2.11 bits per heavy atom. The summed E-state index contributed by atoms with van der Waals surface area (Å²) in [5, 5.41) is 14.2. The third kappa shape index (κ3) is 2.81. The highest BCUT2D eigenvalue weighted by Crippen LogP contribution is 2.42. The van der Waals surface area contributed by atoms with Crippen molar-refractivity contribution < 1.29 is 4.92 Å². The molecule has 2 unspecified atom stereocenters. The van der Waals surface area contributed by atoms with Crippen LogP contribution in [0.3, 0.4) is 0 Å². The summed E-state index contributed by atoms with van der Waals surface area (Å²) in [6.45, 7) is 6.79. The third-order valence-corrected chi connectivity index (χ3v) is 3.74. The number of non-ortho nitro benzene ring substituents is 1. The van der Waals surface area contributed by atoms with Crippen LogP contribution >= 0.6 is 0 Å². The van der Waals surface area contributed by atoms with Crippen molar-refractivity contribution in [2.75, 3.05) is 5.32 Å². The van der Waals surface area contributed by atoms with E-state index in [1.54, 1.807) is 12.1 Å². The van der Waals surface area contributed by atoms with Crippen molar-refractivity contribution >= 4 is 11.4 Å². The van der Waals surface area contributed by atoms with Crippen LogP contribution in [0.5, 0.6) is 0 Å². The van der Waals surface area contributed by atoms with Gasteiger partial charge in [-0.1, -0.05) is 26.8 Å². The fourth-order valence-corrected chi connectivity index (χ4v) is 3.01. The van der Waals surface area contributed by atoms with Gasteiger partial charge in [0.25, 0.3) is 5.69 Å². The molecule has 1 aliphatic carbocycles. The first-order chi connectivity index (χ1) is 8.37. The van der Waals surface area contributed by atoms with Crippen molar-refractivity contribution in [2.45, 2.75) is 39.7 Å². The Kier molecular flexibility index (Phi) is 3.28. The zero-order valence-electron chi connectivity index (χ0n) is 11.1. The number of nitro groups is 1. The summed E-state index contributed by atoms with van der Waals surface area (Å²) in [7, 11) is 0. The maximum absolute atomic E-state index is 10.7. The van der Waals surface area contributed by atoms with Crippen molar-refractivity contribution in [1.29, 1.82) is 0 Å². The monoisotopic (exact) mass is 248 g/mol. The SMILES string of the molecule is CC1CC(C)(C)CC1Nc1cccc([N+](=O)[O-])c1. The van der Waals surface area contributed by atoms with E-state index in [0.717, 1.165) is 12.1 Å². The first kappa shape index (κ1) is 12.9. The molecule has 98 valence electrons. The number of nitro benzene ring substituents is 1. The molecule has 2 rings (SSSR count). The number of benzene rings is 1. The predicted molar refractivity (Wildman–Crippen MR) is 72.7 cm³/mol. The van der Waals surface area contributed by atoms with Gasteiger partial charge < -0.3 is 5.32 Å². The van der Waals surface area contributed by atoms with E-state index in [0.29, 0.717) is 17.4 Å². The molecule has 0 spiro atoms. The Labute approximate surface area is 108 Å². The summed E-state index contributed by atoms with van der Waals surface area (Å²) in [5.41, 5.74) is 1.35. The predicted octanol–water partition coefficient (Wildman–Crippen LogP) is 3.83. The lowest BCUT2D eigenvalue weighted by Gasteiger charge is -2.19. The fraction of sp³-hybridized carbons (Fsp3) is 0.571. The van der Waals surface area contributed by atoms with Crippen LogP contribution in [0.2, 0.25) is 0 Å². The van der Waals surface area contributed by atoms with Gasteiger partial charge in [-0.3, -0.25) is 10.1 Å². The summed E-state index contributed by atoms with van der Waals surface area (Å²) < 4.78 is 0. The van der Waals surface area contributed by atoms with E-state index in [4.69, 9.17) is 0 Å². The molecule has 1 aliphatic rings. The highest BCUT2D eigenvalue weighted by Gasteiger charge is 2.36. The van der Waals surface area contributed by atoms with E-state index in [9.17, 15) is 10.1 Å². The van der Waals surface area contributed by atoms with Gasteiger partial charge >= 0.3 is 0 Å². The highest BCUT2D eigenvalue weighted by atomic mass is 16.6. The molecule has 1 aromatic rings. The van der Waals surface area contributed by atoms with Crippen LogP contribution in [0, 0.1) is 21.4 Å². The lowest BCUT2D eigenvalue weighted by molar-refractivity contribution is -0.384. The van der Waals surface area contributed by atoms with E-state index in [-0.39, 0.29) is 10.6 Å². The lowest BCUT2D eigenvalue weighted by atomic mass is 9.91. The van der Waals surface area contributed by atoms with Gasteiger partial charge in [0.15, 0.2) is 0 Å². The van der Waals surface area contributed by atoms with E-state index in [1.807, 2.05) is 6.07 Å². The number of nitrogens with zero attached hydrogens (tertiary/aromatic N) is 1. The van der Waals surface area contributed by atoms with E-state index < -0.39 is 0 Å². The molecule has 1 saturated carbocycles. The first-order valence-electron chi connectivity index (χ1n) is 6.38. The normalized spacial score (nSPS) is 25.9. The van der Waals surface area contributed by atoms with Crippen LogP contribution in [0.1, 0.15) is 33.6 Å². The van der Waals surface area contributed by atoms with E-state index in [1.165, 1.54) is 12.5 Å². The Morgan fingerprint density at radius 1 is 1.39 bits per heavy atom. The van der Waals surface area contributed by atoms with E-state index >= 15 is 0 Å². The molecule has 0 bridgehead atoms. The molecule has 0 aromatic heterocycles. The van der Waals surface area contributed by atoms with Crippen LogP contribution in [0.4, 0.5) is 11.4 Å². The molecule has 1 aromatic carbocycles. The highest BCUT2D eigenvalue weighted by molar-refractivity contribution is 5.51. The fourth-order valence-electron chi connectivity index (χ4n) is 3.01. The lowest BCUT2D eigenvalue weighted by Crippen LogP contribution is -2.22. The topological polar surface area (TPSA) is 55.2 Å². The molecule has 1 fully saturated rings. The Balaban J connectivity index is 2.10. The van der Waals surface area contributed by atoms with Gasteiger partial charge in [0.1, 0.15) is 0 Å². The largest absolute Gasteiger partial charge is 0.382 e. The smallest absolute Gasteiger partial charge is 0.271 e. The maximum Gasteiger partial charge on any atom is 0.271 e. The zero-order valence-corrected chi connectivity index (χ0v) is 11.1. The van der Waals surface area contributed by atoms with Gasteiger partial charge in [0.2, 0.25) is 0 Å². The van der Waals surface area contributed by atoms with Crippen molar-refractivity contribution in [1.82, 2.24) is 0 Å². The Bertz CT molecular complexity index is 457. The molecule has 0 amide bonds. The number of nitrogens with one attached hydrogen (secondary N) is 1. The average Bonchev–Trinajstić information content (AvgIpc) is 2.52. The zero-order chi connectivity index (χ0) is 13.3. The van der Waals surface area contributed by atoms with Crippen LogP contribution in [0.25, 0.3) is 0 Å². The molecule has 0 aliphatic heterocycles. The van der Waals surface area contributed by atoms with Gasteiger partial charge in [0.05, 0.1) is 4.92 Å². The number of anilines is 1. The molecular weight excluding hydrogens is 228 g/mol. The van der Waals surface area contributed by atoms with Crippen LogP contribution in [0.15, 0.2) is 24.3 Å². The van der Waals surface area contributed by atoms with Crippen LogP contribution in [-0.2, 0) is 0 Å². The van der Waals surface area contributed by atoms with Gasteiger partial charge in [-0.05, 0) is 30.2 Å². The van der Waals surface area contributed by atoms with Crippen molar-refractivity contribution in [2.24, 2.45) is 11.3 Å². The second kappa shape index (κ2) is 4.59. The Hall–Kier alpha value is -1.58. The minimum absolute atomic E-state index is 0.143. The molecule has 0 saturated heterocycles. The summed E-state index contributed by atoms with van der Waals surface area (Å²) in [6.07, 6.45) is 2.30. The number of rotatable bonds is 3. The number of hydrogen-bond donors (Lipinski definition) is 1. The molecule has 4 nitrogen and oxygen atoms in total. The van der Waals surface area contributed by atoms with E-state index in [2.05, 4.69) is 26.1 Å². The van der Waals surface area contributed by atoms with Crippen LogP contribution in [-0.4, -0.2) is 11.0 Å². The summed E-state index contributed by atoms with van der Waals surface area (Å²) >= 11 is 0. The minimum atomic E-state index is -0.354. The van der Waals surface area contributed by atoms with Gasteiger partial charge in [0, 0.05) is 23.9 Å². The van der Waals surface area contributed by atoms with Crippen LogP contribution < -0.4 is 5.32 Å². The molecule has 18 heavy (non-hydrogen) atoms. The third-order valence-electron chi connectivity index (χ3n) is 3.74. The molecule has 0 radical (unpaired) electrons. The van der Waals surface area contributed by atoms with Gasteiger partial charge in [-0.15, -0.1) is 0 Å². The summed E-state index contributed by atoms with van der Waals surface area (Å²) in [6, 6.07) is 7.16. The molecule has 4 heteroatoms. The standard InChI is InChI=1S/C14H20N2O2/c1-10-8-14(2,3)9-13(10)15-11-5-4-6-12(7-11)16(17)18/h4-7,10,13,15H,8-9H2,1-3H3. The van der Waals surface area contributed by atoms with Crippen molar-refractivity contribution in [3.63, 3.8) is 0 Å². The molecule has 0 heterocycles. The first-order valence-corrected chi connectivity index (χ1v) is 6.38. The summed E-state index contributed by atoms with van der Waals surface area (Å²) in [5.74, 6) is 0.597. The van der Waals surface area contributed by atoms with Gasteiger partial charge in [-0.2, -0.15) is 0 Å². The molecular formula is C14H20N2O2. The summed E-state index contributed by atoms with van der Waals surface area (Å²) in [4.78, 5) is 10.4.